The Hall–Kier alpha value is -0.960. The fourth-order valence-corrected chi connectivity index (χ4v) is 2.46. The second kappa shape index (κ2) is 4.13. The van der Waals surface area contributed by atoms with Gasteiger partial charge in [-0.05, 0) is 42.4 Å². The largest absolute Gasteiger partial charge is 0.324 e. The first-order valence-electron chi connectivity index (χ1n) is 5.78. The van der Waals surface area contributed by atoms with Gasteiger partial charge in [0.1, 0.15) is 11.6 Å². The van der Waals surface area contributed by atoms with Crippen LogP contribution >= 0.6 is 0 Å². The second-order valence-electron chi connectivity index (χ2n) is 4.81. The summed E-state index contributed by atoms with van der Waals surface area (Å²) in [6, 6.07) is 1.21. The van der Waals surface area contributed by atoms with Crippen LogP contribution in [0.5, 0.6) is 0 Å². The molecule has 0 saturated carbocycles. The van der Waals surface area contributed by atoms with Gasteiger partial charge in [-0.15, -0.1) is 0 Å². The van der Waals surface area contributed by atoms with Crippen LogP contribution in [0.2, 0.25) is 0 Å². The van der Waals surface area contributed by atoms with Crippen LogP contribution in [0.1, 0.15) is 55.3 Å². The average molecular weight is 225 g/mol. The summed E-state index contributed by atoms with van der Waals surface area (Å²) in [7, 11) is 0. The SMILES string of the molecule is CC(C)c1c(F)cc2c(c1F)CCCC2N. The summed E-state index contributed by atoms with van der Waals surface area (Å²) in [6.45, 7) is 3.60. The lowest BCUT2D eigenvalue weighted by atomic mass is 9.84. The number of halogens is 2. The van der Waals surface area contributed by atoms with Gasteiger partial charge in [-0.25, -0.2) is 8.78 Å². The third-order valence-electron chi connectivity index (χ3n) is 3.31. The zero-order chi connectivity index (χ0) is 11.9. The maximum Gasteiger partial charge on any atom is 0.133 e. The Morgan fingerprint density at radius 1 is 1.38 bits per heavy atom. The molecule has 2 N–H and O–H groups in total. The number of fused-ring (bicyclic) bond motifs is 1. The molecule has 0 amide bonds. The van der Waals surface area contributed by atoms with Crippen molar-refractivity contribution in [2.45, 2.75) is 45.1 Å². The van der Waals surface area contributed by atoms with E-state index in [0.29, 0.717) is 17.5 Å². The third kappa shape index (κ3) is 1.73. The first-order valence-corrected chi connectivity index (χ1v) is 5.78. The van der Waals surface area contributed by atoms with Crippen molar-refractivity contribution in [2.75, 3.05) is 0 Å². The molecule has 16 heavy (non-hydrogen) atoms. The lowest BCUT2D eigenvalue weighted by molar-refractivity contribution is 0.492. The molecule has 0 heterocycles. The Kier molecular flexibility index (Phi) is 2.98. The highest BCUT2D eigenvalue weighted by Gasteiger charge is 2.25. The lowest BCUT2D eigenvalue weighted by Crippen LogP contribution is -2.20. The molecule has 3 heteroatoms. The predicted octanol–water partition coefficient (Wildman–Crippen LogP) is 3.42. The molecule has 0 fully saturated rings. The molecule has 1 atom stereocenters. The van der Waals surface area contributed by atoms with E-state index in [1.165, 1.54) is 6.07 Å². The van der Waals surface area contributed by atoms with E-state index in [4.69, 9.17) is 5.73 Å². The molecule has 0 saturated heterocycles. The molecule has 0 bridgehead atoms. The highest BCUT2D eigenvalue weighted by Crippen LogP contribution is 2.34. The second-order valence-corrected chi connectivity index (χ2v) is 4.81. The topological polar surface area (TPSA) is 26.0 Å². The van der Waals surface area contributed by atoms with Crippen molar-refractivity contribution >= 4 is 0 Å². The molecule has 1 nitrogen and oxygen atoms in total. The minimum atomic E-state index is -0.455. The van der Waals surface area contributed by atoms with Gasteiger partial charge in [-0.1, -0.05) is 13.8 Å². The highest BCUT2D eigenvalue weighted by atomic mass is 19.1. The number of benzene rings is 1. The molecule has 1 unspecified atom stereocenters. The van der Waals surface area contributed by atoms with Crippen LogP contribution < -0.4 is 5.73 Å². The maximum atomic E-state index is 14.1. The van der Waals surface area contributed by atoms with Crippen LogP contribution in [0.15, 0.2) is 6.07 Å². The van der Waals surface area contributed by atoms with Gasteiger partial charge < -0.3 is 5.73 Å². The fraction of sp³-hybridized carbons (Fsp3) is 0.538. The Bertz CT molecular complexity index is 413. The van der Waals surface area contributed by atoms with Crippen molar-refractivity contribution in [1.82, 2.24) is 0 Å². The van der Waals surface area contributed by atoms with Crippen molar-refractivity contribution < 1.29 is 8.78 Å². The summed E-state index contributed by atoms with van der Waals surface area (Å²) in [5.74, 6) is -0.966. The van der Waals surface area contributed by atoms with Gasteiger partial charge in [-0.3, -0.25) is 0 Å². The van der Waals surface area contributed by atoms with Gasteiger partial charge in [0.2, 0.25) is 0 Å². The Morgan fingerprint density at radius 2 is 2.06 bits per heavy atom. The molecule has 88 valence electrons. The molecule has 1 aromatic carbocycles. The monoisotopic (exact) mass is 225 g/mol. The molecule has 0 spiro atoms. The summed E-state index contributed by atoms with van der Waals surface area (Å²) in [5, 5.41) is 0. The molecule has 0 aliphatic heterocycles. The van der Waals surface area contributed by atoms with Crippen LogP contribution in [0.4, 0.5) is 8.78 Å². The minimum absolute atomic E-state index is 0.136. The maximum absolute atomic E-state index is 14.1. The van der Waals surface area contributed by atoms with Gasteiger partial charge >= 0.3 is 0 Å². The summed E-state index contributed by atoms with van der Waals surface area (Å²) < 4.78 is 27.9. The van der Waals surface area contributed by atoms with Crippen LogP contribution in [-0.2, 0) is 6.42 Å². The first kappa shape index (κ1) is 11.5. The van der Waals surface area contributed by atoms with E-state index in [0.717, 1.165) is 12.8 Å². The van der Waals surface area contributed by atoms with Gasteiger partial charge in [0.15, 0.2) is 0 Å². The quantitative estimate of drug-likeness (QED) is 0.778. The molecule has 1 aliphatic carbocycles. The third-order valence-corrected chi connectivity index (χ3v) is 3.31. The molecular weight excluding hydrogens is 208 g/mol. The molecule has 1 aliphatic rings. The number of hydrogen-bond donors (Lipinski definition) is 1. The van der Waals surface area contributed by atoms with Gasteiger partial charge in [-0.2, -0.15) is 0 Å². The number of hydrogen-bond acceptors (Lipinski definition) is 1. The van der Waals surface area contributed by atoms with E-state index in [9.17, 15) is 8.78 Å². The minimum Gasteiger partial charge on any atom is -0.324 e. The van der Waals surface area contributed by atoms with Crippen LogP contribution in [0.3, 0.4) is 0 Å². The Morgan fingerprint density at radius 3 is 2.69 bits per heavy atom. The number of nitrogens with two attached hydrogens (primary N) is 1. The molecule has 0 aromatic heterocycles. The van der Waals surface area contributed by atoms with Gasteiger partial charge in [0.05, 0.1) is 0 Å². The summed E-state index contributed by atoms with van der Waals surface area (Å²) in [5.41, 5.74) is 7.37. The van der Waals surface area contributed by atoms with Crippen molar-refractivity contribution in [3.63, 3.8) is 0 Å². The lowest BCUT2D eigenvalue weighted by Gasteiger charge is -2.25. The van der Waals surface area contributed by atoms with Crippen molar-refractivity contribution in [1.29, 1.82) is 0 Å². The Labute approximate surface area is 94.7 Å². The van der Waals surface area contributed by atoms with Crippen LogP contribution in [-0.4, -0.2) is 0 Å². The molecular formula is C13H17F2N. The zero-order valence-electron chi connectivity index (χ0n) is 9.69. The van der Waals surface area contributed by atoms with E-state index in [2.05, 4.69) is 0 Å². The number of rotatable bonds is 1. The van der Waals surface area contributed by atoms with E-state index in [1.54, 1.807) is 13.8 Å². The van der Waals surface area contributed by atoms with Gasteiger partial charge in [0.25, 0.3) is 0 Å². The smallest absolute Gasteiger partial charge is 0.133 e. The van der Waals surface area contributed by atoms with E-state index in [1.807, 2.05) is 0 Å². The first-order chi connectivity index (χ1) is 7.52. The average Bonchev–Trinajstić information content (AvgIpc) is 2.19. The molecule has 1 aromatic rings. The molecule has 2 rings (SSSR count). The van der Waals surface area contributed by atoms with Crippen LogP contribution in [0, 0.1) is 11.6 Å². The van der Waals surface area contributed by atoms with Gasteiger partial charge in [0, 0.05) is 11.6 Å². The van der Waals surface area contributed by atoms with Crippen molar-refractivity contribution in [3.8, 4) is 0 Å². The summed E-state index contributed by atoms with van der Waals surface area (Å²) in [6.07, 6.45) is 2.37. The van der Waals surface area contributed by atoms with Crippen molar-refractivity contribution in [2.24, 2.45) is 5.73 Å². The van der Waals surface area contributed by atoms with E-state index in [-0.39, 0.29) is 23.3 Å². The van der Waals surface area contributed by atoms with Crippen molar-refractivity contribution in [3.05, 3.63) is 34.4 Å². The Balaban J connectivity index is 2.62. The predicted molar refractivity (Wildman–Crippen MR) is 60.3 cm³/mol. The fourth-order valence-electron chi connectivity index (χ4n) is 2.46. The van der Waals surface area contributed by atoms with Crippen LogP contribution in [0.25, 0.3) is 0 Å². The zero-order valence-corrected chi connectivity index (χ0v) is 9.69. The van der Waals surface area contributed by atoms with E-state index >= 15 is 0 Å². The molecule has 0 radical (unpaired) electrons. The normalized spacial score (nSPS) is 20.0. The van der Waals surface area contributed by atoms with E-state index < -0.39 is 5.82 Å². The standard InChI is InChI=1S/C13H17F2N/c1-7(2)12-10(14)6-9-8(13(12)15)4-3-5-11(9)16/h6-7,11H,3-5,16H2,1-2H3. The summed E-state index contributed by atoms with van der Waals surface area (Å²) >= 11 is 0. The highest BCUT2D eigenvalue weighted by molar-refractivity contribution is 5.39. The summed E-state index contributed by atoms with van der Waals surface area (Å²) in [4.78, 5) is 0.